The number of nitrogens with zero attached hydrogens (tertiary/aromatic N) is 1. The van der Waals surface area contributed by atoms with Gasteiger partial charge in [0.2, 0.25) is 0 Å². The number of hydrogen-bond acceptors (Lipinski definition) is 6. The van der Waals surface area contributed by atoms with Crippen LogP contribution in [0.4, 0.5) is 0 Å². The number of rotatable bonds is 30. The van der Waals surface area contributed by atoms with Crippen LogP contribution >= 0.6 is 8.60 Å². The zero-order valence-electron chi connectivity index (χ0n) is 25.9. The van der Waals surface area contributed by atoms with Gasteiger partial charge >= 0.3 is 8.60 Å². The molecule has 0 bridgehead atoms. The molecule has 1 rings (SSSR count). The summed E-state index contributed by atoms with van der Waals surface area (Å²) in [6.07, 6.45) is 25.7. The van der Waals surface area contributed by atoms with Crippen molar-refractivity contribution in [3.63, 3.8) is 0 Å². The molecule has 0 aromatic carbocycles. The number of ether oxygens (including phenoxy) is 1. The Morgan fingerprint density at radius 3 is 1.85 bits per heavy atom. The van der Waals surface area contributed by atoms with Crippen LogP contribution < -0.4 is 0 Å². The molecule has 0 aliphatic carbocycles. The Morgan fingerprint density at radius 2 is 1.28 bits per heavy atom. The van der Waals surface area contributed by atoms with E-state index in [0.29, 0.717) is 32.7 Å². The maximum Gasteiger partial charge on any atom is 0.329 e. The minimum atomic E-state index is -1.90. The second-order valence-electron chi connectivity index (χ2n) is 11.7. The highest BCUT2D eigenvalue weighted by Crippen LogP contribution is 2.34. The molecule has 0 amide bonds. The number of likely N-dealkylation sites (tertiary alicyclic amines) is 1. The molecule has 1 aliphatic heterocycles. The number of unbranched alkanes of at least 4 members (excludes halogenated alkanes) is 14. The smallest absolute Gasteiger partial charge is 0.329 e. The van der Waals surface area contributed by atoms with Crippen molar-refractivity contribution in [3.8, 4) is 0 Å². The molecule has 1 saturated heterocycles. The molecule has 1 N–H and O–H groups in total. The molecule has 1 fully saturated rings. The largest absolute Gasteiger partial charge is 0.381 e. The first kappa shape index (κ1) is 36.9. The first-order valence-electron chi connectivity index (χ1n) is 16.7. The van der Waals surface area contributed by atoms with Crippen LogP contribution in [-0.4, -0.2) is 61.6 Å². The molecule has 1 heterocycles. The van der Waals surface area contributed by atoms with Crippen molar-refractivity contribution in [2.24, 2.45) is 5.92 Å². The maximum absolute atomic E-state index is 12.2. The van der Waals surface area contributed by atoms with Gasteiger partial charge in [-0.1, -0.05) is 104 Å². The Balaban J connectivity index is 2.00. The Hall–Kier alpha value is -0.100. The normalized spacial score (nSPS) is 15.7. The molecule has 232 valence electrons. The summed E-state index contributed by atoms with van der Waals surface area (Å²) in [5.74, 6) is 0.223. The van der Waals surface area contributed by atoms with Gasteiger partial charge in [-0.05, 0) is 45.2 Å². The van der Waals surface area contributed by atoms with Crippen LogP contribution in [0.2, 0.25) is 0 Å². The van der Waals surface area contributed by atoms with E-state index in [9.17, 15) is 9.69 Å². The van der Waals surface area contributed by atoms with Crippen LogP contribution in [0.25, 0.3) is 0 Å². The van der Waals surface area contributed by atoms with Crippen LogP contribution in [0, 0.1) is 5.92 Å². The molecule has 2 unspecified atom stereocenters. The highest BCUT2D eigenvalue weighted by molar-refractivity contribution is 7.40. The van der Waals surface area contributed by atoms with Crippen LogP contribution in [0.1, 0.15) is 149 Å². The van der Waals surface area contributed by atoms with Gasteiger partial charge in [-0.15, -0.1) is 0 Å². The van der Waals surface area contributed by atoms with E-state index in [1.165, 1.54) is 116 Å². The second kappa shape index (κ2) is 28.0. The minimum absolute atomic E-state index is 0.0225. The van der Waals surface area contributed by atoms with Crippen molar-refractivity contribution in [1.82, 2.24) is 4.90 Å². The number of carbonyl (C=O) groups is 1. The molecule has 1 aliphatic rings. The minimum Gasteiger partial charge on any atom is -0.381 e. The fourth-order valence-electron chi connectivity index (χ4n) is 5.34. The van der Waals surface area contributed by atoms with Gasteiger partial charge in [0.25, 0.3) is 0 Å². The molecule has 7 heteroatoms. The van der Waals surface area contributed by atoms with Gasteiger partial charge in [-0.25, -0.2) is 0 Å². The van der Waals surface area contributed by atoms with E-state index >= 15 is 0 Å². The van der Waals surface area contributed by atoms with E-state index in [-0.39, 0.29) is 11.7 Å². The Kier molecular flexibility index (Phi) is 26.5. The van der Waals surface area contributed by atoms with Gasteiger partial charge < -0.3 is 23.6 Å². The third-order valence-corrected chi connectivity index (χ3v) is 8.50. The van der Waals surface area contributed by atoms with E-state index in [2.05, 4.69) is 11.8 Å². The predicted molar refractivity (Wildman–Crippen MR) is 165 cm³/mol. The molecule has 0 aromatic heterocycles. The number of hydrogen-bond donors (Lipinski definition) is 1. The molecule has 0 spiro atoms. The highest BCUT2D eigenvalue weighted by Gasteiger charge is 2.18. The molecule has 0 aromatic rings. The maximum atomic E-state index is 12.2. The predicted octanol–water partition coefficient (Wildman–Crippen LogP) is 8.99. The third-order valence-electron chi connectivity index (χ3n) is 7.73. The lowest BCUT2D eigenvalue weighted by Crippen LogP contribution is -2.21. The van der Waals surface area contributed by atoms with E-state index in [4.69, 9.17) is 13.8 Å². The molecule has 0 saturated carbocycles. The standard InChI is InChI=1S/C32H64NO5P/c1-3-5-6-7-8-9-10-11-12-13-14-15-16-17-20-26-36-29-31(28-32(34)22-4-2)30-38-39(35)37-27-21-25-33-23-18-19-24-33/h31,35H,3-30H2,1-2H3. The molecular formula is C32H64NO5P. The Morgan fingerprint density at radius 1 is 0.718 bits per heavy atom. The second-order valence-corrected chi connectivity index (χ2v) is 12.6. The first-order valence-corrected chi connectivity index (χ1v) is 17.8. The topological polar surface area (TPSA) is 68.2 Å². The summed E-state index contributed by atoms with van der Waals surface area (Å²) in [4.78, 5) is 24.8. The van der Waals surface area contributed by atoms with Gasteiger partial charge in [0.1, 0.15) is 5.78 Å². The number of ketones is 1. The summed E-state index contributed by atoms with van der Waals surface area (Å²) in [6.45, 7) is 9.74. The fraction of sp³-hybridized carbons (Fsp3) is 0.969. The van der Waals surface area contributed by atoms with E-state index in [0.717, 1.165) is 32.4 Å². The summed E-state index contributed by atoms with van der Waals surface area (Å²) in [5.41, 5.74) is 0. The lowest BCUT2D eigenvalue weighted by molar-refractivity contribution is -0.120. The Labute approximate surface area is 243 Å². The average molecular weight is 574 g/mol. The van der Waals surface area contributed by atoms with E-state index in [1.54, 1.807) is 0 Å². The Bertz CT molecular complexity index is 533. The van der Waals surface area contributed by atoms with Crippen LogP contribution in [0.3, 0.4) is 0 Å². The molecule has 39 heavy (non-hydrogen) atoms. The monoisotopic (exact) mass is 573 g/mol. The molecule has 6 nitrogen and oxygen atoms in total. The quantitative estimate of drug-likeness (QED) is 0.0683. The van der Waals surface area contributed by atoms with Crippen LogP contribution in [0.5, 0.6) is 0 Å². The van der Waals surface area contributed by atoms with Crippen molar-refractivity contribution in [2.75, 3.05) is 46.1 Å². The molecule has 0 radical (unpaired) electrons. The fourth-order valence-corrected chi connectivity index (χ4v) is 6.04. The van der Waals surface area contributed by atoms with Gasteiger partial charge in [0, 0.05) is 31.9 Å². The van der Waals surface area contributed by atoms with Crippen molar-refractivity contribution in [3.05, 3.63) is 0 Å². The lowest BCUT2D eigenvalue weighted by Gasteiger charge is -2.19. The van der Waals surface area contributed by atoms with Crippen LogP contribution in [0.15, 0.2) is 0 Å². The number of Topliss-reactive ketones (excluding diaryl/α,β-unsaturated/α-hetero) is 1. The zero-order chi connectivity index (χ0) is 28.2. The molecular weight excluding hydrogens is 509 g/mol. The number of carbonyl (C=O) groups excluding carboxylic acids is 1. The summed E-state index contributed by atoms with van der Waals surface area (Å²) < 4.78 is 17.0. The first-order chi connectivity index (χ1) is 19.2. The summed E-state index contributed by atoms with van der Waals surface area (Å²) in [5, 5.41) is 0. The summed E-state index contributed by atoms with van der Waals surface area (Å²) >= 11 is 0. The van der Waals surface area contributed by atoms with Crippen molar-refractivity contribution < 1.29 is 23.5 Å². The van der Waals surface area contributed by atoms with E-state index in [1.807, 2.05) is 6.92 Å². The molecule has 2 atom stereocenters. The summed E-state index contributed by atoms with van der Waals surface area (Å²) in [6, 6.07) is 0. The zero-order valence-corrected chi connectivity index (χ0v) is 26.7. The lowest BCUT2D eigenvalue weighted by atomic mass is 10.0. The van der Waals surface area contributed by atoms with Crippen molar-refractivity contribution in [1.29, 1.82) is 0 Å². The summed E-state index contributed by atoms with van der Waals surface area (Å²) in [7, 11) is -1.90. The van der Waals surface area contributed by atoms with Crippen molar-refractivity contribution in [2.45, 2.75) is 149 Å². The van der Waals surface area contributed by atoms with E-state index < -0.39 is 8.60 Å². The average Bonchev–Trinajstić information content (AvgIpc) is 3.45. The van der Waals surface area contributed by atoms with Crippen LogP contribution in [-0.2, 0) is 18.6 Å². The third kappa shape index (κ3) is 24.2. The SMILES string of the molecule is CCCCCCCCCCCCCCCCCOCC(COP(O)OCCCN1CCCC1)CC(=O)CCC. The van der Waals surface area contributed by atoms with Gasteiger partial charge in [0.05, 0.1) is 19.8 Å². The highest BCUT2D eigenvalue weighted by atomic mass is 31.2. The van der Waals surface area contributed by atoms with Gasteiger partial charge in [0.15, 0.2) is 0 Å². The van der Waals surface area contributed by atoms with Crippen molar-refractivity contribution >= 4 is 14.4 Å². The van der Waals surface area contributed by atoms with Gasteiger partial charge in [-0.2, -0.15) is 0 Å². The van der Waals surface area contributed by atoms with Gasteiger partial charge in [-0.3, -0.25) is 4.79 Å².